The second kappa shape index (κ2) is 9.61. The molecule has 0 saturated heterocycles. The Kier molecular flexibility index (Phi) is 7.11. The minimum Gasteiger partial charge on any atom is -0.350 e. The lowest BCUT2D eigenvalue weighted by molar-refractivity contribution is -0.143. The van der Waals surface area contributed by atoms with Crippen molar-refractivity contribution in [3.8, 4) is 5.69 Å². The Morgan fingerprint density at radius 2 is 1.94 bits per heavy atom. The number of carbonyl (C=O) groups is 1. The lowest BCUT2D eigenvalue weighted by atomic mass is 10.1. The third-order valence-corrected chi connectivity index (χ3v) is 5.70. The number of rotatable bonds is 8. The van der Waals surface area contributed by atoms with Crippen molar-refractivity contribution in [3.63, 3.8) is 0 Å². The molecule has 1 atom stereocenters. The van der Waals surface area contributed by atoms with Gasteiger partial charge < -0.3 is 5.32 Å². The maximum absolute atomic E-state index is 14.1. The molecule has 1 aromatic carbocycles. The molecular weight excluding hydrogens is 432 g/mol. The lowest BCUT2D eigenvalue weighted by Gasteiger charge is -2.29. The molecule has 1 amide bonds. The van der Waals surface area contributed by atoms with E-state index in [4.69, 9.17) is 0 Å². The Morgan fingerprint density at radius 3 is 2.52 bits per heavy atom. The number of amides is 1. The molecule has 3 rings (SSSR count). The normalized spacial score (nSPS) is 12.9. The van der Waals surface area contributed by atoms with Crippen LogP contribution in [0.25, 0.3) is 5.69 Å². The fourth-order valence-electron chi connectivity index (χ4n) is 3.46. The van der Waals surface area contributed by atoms with Gasteiger partial charge in [0, 0.05) is 6.54 Å². The zero-order valence-corrected chi connectivity index (χ0v) is 17.8. The fraction of sp³-hybridized carbons (Fsp3) is 0.333. The fourth-order valence-corrected chi connectivity index (χ4v) is 4.17. The van der Waals surface area contributed by atoms with Crippen molar-refractivity contribution in [1.29, 1.82) is 0 Å². The van der Waals surface area contributed by atoms with Crippen molar-refractivity contribution in [1.82, 2.24) is 20.0 Å². The van der Waals surface area contributed by atoms with Gasteiger partial charge >= 0.3 is 6.18 Å². The highest BCUT2D eigenvalue weighted by Gasteiger charge is 2.41. The molecule has 31 heavy (non-hydrogen) atoms. The van der Waals surface area contributed by atoms with E-state index in [-0.39, 0.29) is 18.3 Å². The molecule has 1 N–H and O–H groups in total. The number of hydrogen-bond acceptors (Lipinski definition) is 4. The Balaban J connectivity index is 1.90. The van der Waals surface area contributed by atoms with Crippen molar-refractivity contribution < 1.29 is 22.4 Å². The summed E-state index contributed by atoms with van der Waals surface area (Å²) in [5.41, 5.74) is -1.37. The van der Waals surface area contributed by atoms with Crippen molar-refractivity contribution in [3.05, 3.63) is 69.9 Å². The topological polar surface area (TPSA) is 50.2 Å². The number of alkyl halides is 3. The largest absolute Gasteiger partial charge is 0.434 e. The molecule has 2 heterocycles. The van der Waals surface area contributed by atoms with Crippen LogP contribution in [0.4, 0.5) is 17.6 Å². The zero-order valence-electron chi connectivity index (χ0n) is 17.0. The maximum Gasteiger partial charge on any atom is 0.434 e. The first kappa shape index (κ1) is 23.0. The molecule has 3 aromatic rings. The number of halogens is 4. The minimum atomic E-state index is -4.91. The van der Waals surface area contributed by atoms with Gasteiger partial charge in [0.2, 0.25) is 0 Å². The number of hydrogen-bond donors (Lipinski definition) is 1. The Bertz CT molecular complexity index is 1010. The molecule has 0 radical (unpaired) electrons. The first-order valence-corrected chi connectivity index (χ1v) is 10.7. The van der Waals surface area contributed by atoms with Gasteiger partial charge in [0.1, 0.15) is 11.5 Å². The van der Waals surface area contributed by atoms with Gasteiger partial charge in [-0.15, -0.1) is 0 Å². The maximum atomic E-state index is 14.1. The van der Waals surface area contributed by atoms with E-state index in [2.05, 4.69) is 15.3 Å². The van der Waals surface area contributed by atoms with Gasteiger partial charge in [-0.3, -0.25) is 9.69 Å². The van der Waals surface area contributed by atoms with Gasteiger partial charge in [0.25, 0.3) is 5.91 Å². The Hall–Kier alpha value is -2.72. The summed E-state index contributed by atoms with van der Waals surface area (Å²) in [6.45, 7) is 5.51. The van der Waals surface area contributed by atoms with Crippen LogP contribution < -0.4 is 5.32 Å². The molecule has 0 bridgehead atoms. The van der Waals surface area contributed by atoms with E-state index >= 15 is 0 Å². The Labute approximate surface area is 181 Å². The molecule has 1 unspecified atom stereocenters. The number of likely N-dealkylation sites (N-methyl/N-ethyl adjacent to an activating group) is 1. The molecule has 10 heteroatoms. The monoisotopic (exact) mass is 454 g/mol. The summed E-state index contributed by atoms with van der Waals surface area (Å²) >= 11 is 1.51. The highest BCUT2D eigenvalue weighted by molar-refractivity contribution is 7.07. The summed E-state index contributed by atoms with van der Waals surface area (Å²) < 4.78 is 55.9. The zero-order chi connectivity index (χ0) is 22.6. The van der Waals surface area contributed by atoms with Crippen molar-refractivity contribution in [2.24, 2.45) is 0 Å². The highest BCUT2D eigenvalue weighted by Crippen LogP contribution is 2.34. The van der Waals surface area contributed by atoms with Crippen LogP contribution in [0.15, 0.2) is 47.3 Å². The van der Waals surface area contributed by atoms with Crippen LogP contribution in [-0.2, 0) is 6.18 Å². The Morgan fingerprint density at radius 1 is 1.23 bits per heavy atom. The standard InChI is InChI=1S/C21H22F4N4OS/c1-3-28(4-2)18(14-9-10-31-13-14)12-26-20(30)15-11-27-29(19(15)21(23,24)25)17-8-6-5-7-16(17)22/h5-11,13,18H,3-4,12H2,1-2H3,(H,26,30). The quantitative estimate of drug-likeness (QED) is 0.493. The van der Waals surface area contributed by atoms with Crippen molar-refractivity contribution in [2.75, 3.05) is 19.6 Å². The van der Waals surface area contributed by atoms with E-state index in [1.807, 2.05) is 30.7 Å². The summed E-state index contributed by atoms with van der Waals surface area (Å²) in [6, 6.07) is 6.72. The third kappa shape index (κ3) is 4.96. The van der Waals surface area contributed by atoms with E-state index in [0.717, 1.165) is 17.8 Å². The predicted molar refractivity (Wildman–Crippen MR) is 111 cm³/mol. The van der Waals surface area contributed by atoms with Gasteiger partial charge in [-0.2, -0.15) is 29.6 Å². The van der Waals surface area contributed by atoms with Crippen LogP contribution in [0.1, 0.15) is 41.5 Å². The molecule has 0 aliphatic heterocycles. The summed E-state index contributed by atoms with van der Waals surface area (Å²) in [4.78, 5) is 14.8. The second-order valence-corrected chi connectivity index (χ2v) is 7.55. The van der Waals surface area contributed by atoms with Crippen LogP contribution in [0, 0.1) is 5.82 Å². The van der Waals surface area contributed by atoms with Crippen LogP contribution in [0.2, 0.25) is 0 Å². The summed E-state index contributed by atoms with van der Waals surface area (Å²) in [5.74, 6) is -1.79. The number of thiophene rings is 1. The van der Waals surface area contributed by atoms with Crippen LogP contribution in [0.3, 0.4) is 0 Å². The van der Waals surface area contributed by atoms with E-state index in [1.165, 1.54) is 29.5 Å². The average Bonchev–Trinajstić information content (AvgIpc) is 3.41. The van der Waals surface area contributed by atoms with Gasteiger partial charge in [-0.05, 0) is 47.6 Å². The van der Waals surface area contributed by atoms with Crippen LogP contribution in [0.5, 0.6) is 0 Å². The number of benzene rings is 1. The van der Waals surface area contributed by atoms with Gasteiger partial charge in [-0.25, -0.2) is 9.07 Å². The molecule has 0 fully saturated rings. The predicted octanol–water partition coefficient (Wildman–Crippen LogP) is 4.90. The van der Waals surface area contributed by atoms with Gasteiger partial charge in [-0.1, -0.05) is 26.0 Å². The van der Waals surface area contributed by atoms with Gasteiger partial charge in [0.05, 0.1) is 17.8 Å². The lowest BCUT2D eigenvalue weighted by Crippen LogP contribution is -2.38. The molecule has 5 nitrogen and oxygen atoms in total. The third-order valence-electron chi connectivity index (χ3n) is 5.00. The SMILES string of the molecule is CCN(CC)C(CNC(=O)c1cnn(-c2ccccc2F)c1C(F)(F)F)c1ccsc1. The molecule has 0 aliphatic carbocycles. The van der Waals surface area contributed by atoms with Gasteiger partial charge in [0.15, 0.2) is 5.69 Å². The number of para-hydroxylation sites is 1. The number of nitrogens with one attached hydrogen (secondary N) is 1. The van der Waals surface area contributed by atoms with E-state index in [9.17, 15) is 22.4 Å². The molecular formula is C21H22F4N4OS. The first-order chi connectivity index (χ1) is 14.8. The summed E-state index contributed by atoms with van der Waals surface area (Å²) in [7, 11) is 0. The summed E-state index contributed by atoms with van der Waals surface area (Å²) in [5, 5.41) is 10.1. The average molecular weight is 454 g/mol. The number of carbonyl (C=O) groups excluding carboxylic acids is 1. The first-order valence-electron chi connectivity index (χ1n) is 9.72. The number of nitrogens with zero attached hydrogens (tertiary/aromatic N) is 3. The van der Waals surface area contributed by atoms with E-state index in [0.29, 0.717) is 17.8 Å². The van der Waals surface area contributed by atoms with Crippen molar-refractivity contribution >= 4 is 17.2 Å². The molecule has 0 aliphatic rings. The molecule has 0 saturated carbocycles. The van der Waals surface area contributed by atoms with Crippen LogP contribution >= 0.6 is 11.3 Å². The smallest absolute Gasteiger partial charge is 0.350 e. The minimum absolute atomic E-state index is 0.124. The molecule has 166 valence electrons. The molecule has 0 spiro atoms. The second-order valence-electron chi connectivity index (χ2n) is 6.77. The van der Waals surface area contributed by atoms with Crippen LogP contribution in [-0.4, -0.2) is 40.2 Å². The highest BCUT2D eigenvalue weighted by atomic mass is 32.1. The van der Waals surface area contributed by atoms with E-state index < -0.39 is 29.2 Å². The van der Waals surface area contributed by atoms with Crippen molar-refractivity contribution in [2.45, 2.75) is 26.1 Å². The summed E-state index contributed by atoms with van der Waals surface area (Å²) in [6.07, 6.45) is -4.08. The van der Waals surface area contributed by atoms with E-state index in [1.54, 1.807) is 0 Å². The number of aromatic nitrogens is 2. The molecule has 2 aromatic heterocycles.